The van der Waals surface area contributed by atoms with E-state index >= 15 is 0 Å². The molecule has 7 heteroatoms. The van der Waals surface area contributed by atoms with Crippen molar-refractivity contribution < 1.29 is 4.79 Å². The van der Waals surface area contributed by atoms with E-state index in [1.165, 1.54) is 10.9 Å². The first-order chi connectivity index (χ1) is 9.02. The summed E-state index contributed by atoms with van der Waals surface area (Å²) in [5.74, 6) is 0.101. The molecule has 0 aliphatic rings. The number of aromatic nitrogens is 2. The van der Waals surface area contributed by atoms with E-state index in [1.807, 2.05) is 18.2 Å². The Morgan fingerprint density at radius 3 is 3.00 bits per heavy atom. The van der Waals surface area contributed by atoms with Crippen LogP contribution in [0.15, 0.2) is 28.9 Å². The van der Waals surface area contributed by atoms with Crippen molar-refractivity contribution >= 4 is 50.2 Å². The second-order valence-electron chi connectivity index (χ2n) is 3.72. The Morgan fingerprint density at radius 2 is 2.32 bits per heavy atom. The van der Waals surface area contributed by atoms with Gasteiger partial charge in [-0.2, -0.15) is 10.4 Å². The summed E-state index contributed by atoms with van der Waals surface area (Å²) in [5.41, 5.74) is 0.842. The van der Waals surface area contributed by atoms with Gasteiger partial charge in [-0.25, -0.2) is 0 Å². The van der Waals surface area contributed by atoms with Crippen LogP contribution in [0.2, 0.25) is 0 Å². The maximum absolute atomic E-state index is 12.2. The highest BCUT2D eigenvalue weighted by molar-refractivity contribution is 14.1. The lowest BCUT2D eigenvalue weighted by atomic mass is 10.2. The van der Waals surface area contributed by atoms with Gasteiger partial charge < -0.3 is 5.32 Å². The summed E-state index contributed by atoms with van der Waals surface area (Å²) >= 11 is 5.47. The molecule has 0 saturated carbocycles. The third-order valence-corrected chi connectivity index (χ3v) is 3.83. The average Bonchev–Trinajstić information content (AvgIpc) is 2.73. The van der Waals surface area contributed by atoms with Gasteiger partial charge in [0, 0.05) is 15.1 Å². The third kappa shape index (κ3) is 2.96. The van der Waals surface area contributed by atoms with Gasteiger partial charge in [0.1, 0.15) is 17.5 Å². The van der Waals surface area contributed by atoms with Crippen LogP contribution in [-0.2, 0) is 7.05 Å². The van der Waals surface area contributed by atoms with Crippen LogP contribution in [0.4, 0.5) is 5.82 Å². The van der Waals surface area contributed by atoms with Crippen molar-refractivity contribution in [3.63, 3.8) is 0 Å². The minimum absolute atomic E-state index is 0.287. The van der Waals surface area contributed by atoms with Gasteiger partial charge in [-0.15, -0.1) is 0 Å². The van der Waals surface area contributed by atoms with Gasteiger partial charge in [-0.05, 0) is 56.7 Å². The Labute approximate surface area is 131 Å². The first kappa shape index (κ1) is 14.0. The standard InChI is InChI=1S/C12H8BrIN4O/c1-18-11(7(5-15)6-16-18)17-12(19)9-4-8(14)2-3-10(9)13/h2-4,6H,1H3,(H,17,19). The Kier molecular flexibility index (Phi) is 4.21. The fraction of sp³-hybridized carbons (Fsp3) is 0.0833. The Hall–Kier alpha value is -1.40. The van der Waals surface area contributed by atoms with Crippen LogP contribution in [0, 0.1) is 14.9 Å². The van der Waals surface area contributed by atoms with E-state index in [1.54, 1.807) is 13.1 Å². The topological polar surface area (TPSA) is 70.7 Å². The molecule has 1 N–H and O–H groups in total. The number of hydrogen-bond acceptors (Lipinski definition) is 3. The minimum Gasteiger partial charge on any atom is -0.306 e. The van der Waals surface area contributed by atoms with Crippen molar-refractivity contribution in [3.05, 3.63) is 43.6 Å². The molecule has 5 nitrogen and oxygen atoms in total. The molecule has 96 valence electrons. The van der Waals surface area contributed by atoms with Gasteiger partial charge in [0.05, 0.1) is 11.8 Å². The van der Waals surface area contributed by atoms with Gasteiger partial charge in [-0.1, -0.05) is 0 Å². The zero-order chi connectivity index (χ0) is 14.0. The number of hydrogen-bond donors (Lipinski definition) is 1. The van der Waals surface area contributed by atoms with Crippen LogP contribution in [0.25, 0.3) is 0 Å². The summed E-state index contributed by atoms with van der Waals surface area (Å²) in [5, 5.41) is 15.6. The van der Waals surface area contributed by atoms with Crippen molar-refractivity contribution in [1.82, 2.24) is 9.78 Å². The molecular weight excluding hydrogens is 423 g/mol. The first-order valence-corrected chi connectivity index (χ1v) is 7.08. The number of rotatable bonds is 2. The molecule has 0 aliphatic heterocycles. The predicted molar refractivity (Wildman–Crippen MR) is 82.7 cm³/mol. The van der Waals surface area contributed by atoms with Gasteiger partial charge in [-0.3, -0.25) is 9.48 Å². The Morgan fingerprint density at radius 1 is 1.58 bits per heavy atom. The van der Waals surface area contributed by atoms with Gasteiger partial charge in [0.2, 0.25) is 0 Å². The smallest absolute Gasteiger partial charge is 0.258 e. The van der Waals surface area contributed by atoms with E-state index in [2.05, 4.69) is 48.9 Å². The van der Waals surface area contributed by atoms with Gasteiger partial charge >= 0.3 is 0 Å². The Balaban J connectivity index is 2.34. The number of nitrogens with one attached hydrogen (secondary N) is 1. The highest BCUT2D eigenvalue weighted by Gasteiger charge is 2.15. The molecule has 0 spiro atoms. The van der Waals surface area contributed by atoms with Crippen LogP contribution in [-0.4, -0.2) is 15.7 Å². The van der Waals surface area contributed by atoms with E-state index in [0.717, 1.165) is 3.57 Å². The second-order valence-corrected chi connectivity index (χ2v) is 5.82. The van der Waals surface area contributed by atoms with Crippen LogP contribution in [0.1, 0.15) is 15.9 Å². The van der Waals surface area contributed by atoms with Crippen molar-refractivity contribution in [2.45, 2.75) is 0 Å². The number of anilines is 1. The van der Waals surface area contributed by atoms with E-state index < -0.39 is 0 Å². The lowest BCUT2D eigenvalue weighted by Crippen LogP contribution is -2.16. The predicted octanol–water partition coefficient (Wildman–Crippen LogP) is 2.91. The van der Waals surface area contributed by atoms with Crippen LogP contribution >= 0.6 is 38.5 Å². The van der Waals surface area contributed by atoms with Gasteiger partial charge in [0.15, 0.2) is 0 Å². The summed E-state index contributed by atoms with van der Waals surface area (Å²) < 4.78 is 3.11. The number of benzene rings is 1. The highest BCUT2D eigenvalue weighted by atomic mass is 127. The molecule has 1 aromatic carbocycles. The zero-order valence-electron chi connectivity index (χ0n) is 9.82. The average molecular weight is 431 g/mol. The van der Waals surface area contributed by atoms with Crippen molar-refractivity contribution in [1.29, 1.82) is 5.26 Å². The molecule has 0 unspecified atom stereocenters. The van der Waals surface area contributed by atoms with Crippen molar-refractivity contribution in [3.8, 4) is 6.07 Å². The summed E-state index contributed by atoms with van der Waals surface area (Å²) in [7, 11) is 1.67. The lowest BCUT2D eigenvalue weighted by molar-refractivity contribution is 0.102. The van der Waals surface area contributed by atoms with E-state index in [0.29, 0.717) is 21.4 Å². The van der Waals surface area contributed by atoms with Gasteiger partial charge in [0.25, 0.3) is 5.91 Å². The molecule has 0 aliphatic carbocycles. The molecule has 2 rings (SSSR count). The molecule has 0 fully saturated rings. The first-order valence-electron chi connectivity index (χ1n) is 5.21. The summed E-state index contributed by atoms with van der Waals surface area (Å²) in [4.78, 5) is 12.2. The number of halogens is 2. The molecule has 19 heavy (non-hydrogen) atoms. The number of nitrogens with zero attached hydrogens (tertiary/aromatic N) is 3. The van der Waals surface area contributed by atoms with Crippen molar-refractivity contribution in [2.75, 3.05) is 5.32 Å². The minimum atomic E-state index is -0.287. The molecule has 0 atom stereocenters. The number of aryl methyl sites for hydroxylation is 1. The molecule has 0 radical (unpaired) electrons. The van der Waals surface area contributed by atoms with E-state index in [9.17, 15) is 4.79 Å². The van der Waals surface area contributed by atoms with E-state index in [-0.39, 0.29) is 5.91 Å². The molecule has 0 bridgehead atoms. The molecule has 1 aromatic heterocycles. The largest absolute Gasteiger partial charge is 0.306 e. The molecule has 1 heterocycles. The third-order valence-electron chi connectivity index (χ3n) is 2.46. The maximum Gasteiger partial charge on any atom is 0.258 e. The quantitative estimate of drug-likeness (QED) is 0.744. The van der Waals surface area contributed by atoms with Crippen LogP contribution in [0.3, 0.4) is 0 Å². The molecular formula is C12H8BrIN4O. The number of carbonyl (C=O) groups is 1. The maximum atomic E-state index is 12.2. The number of carbonyl (C=O) groups excluding carboxylic acids is 1. The summed E-state index contributed by atoms with van der Waals surface area (Å²) in [6, 6.07) is 7.46. The van der Waals surface area contributed by atoms with Crippen LogP contribution in [0.5, 0.6) is 0 Å². The monoisotopic (exact) mass is 430 g/mol. The van der Waals surface area contributed by atoms with Crippen LogP contribution < -0.4 is 5.32 Å². The molecule has 0 saturated heterocycles. The SMILES string of the molecule is Cn1ncc(C#N)c1NC(=O)c1cc(I)ccc1Br. The second kappa shape index (κ2) is 5.71. The fourth-order valence-corrected chi connectivity index (χ4v) is 2.43. The zero-order valence-corrected chi connectivity index (χ0v) is 13.6. The molecule has 1 amide bonds. The normalized spacial score (nSPS) is 10.0. The fourth-order valence-electron chi connectivity index (χ4n) is 1.51. The lowest BCUT2D eigenvalue weighted by Gasteiger charge is -2.08. The number of amides is 1. The highest BCUT2D eigenvalue weighted by Crippen LogP contribution is 2.21. The van der Waals surface area contributed by atoms with E-state index in [4.69, 9.17) is 5.26 Å². The Bertz CT molecular complexity index is 690. The summed E-state index contributed by atoms with van der Waals surface area (Å²) in [6.07, 6.45) is 1.42. The number of nitriles is 1. The van der Waals surface area contributed by atoms with Crippen molar-refractivity contribution in [2.24, 2.45) is 7.05 Å². The molecule has 2 aromatic rings. The summed E-state index contributed by atoms with van der Waals surface area (Å²) in [6.45, 7) is 0.